The summed E-state index contributed by atoms with van der Waals surface area (Å²) in [6, 6.07) is 20.2. The van der Waals surface area contributed by atoms with Crippen LogP contribution in [0.25, 0.3) is 6.08 Å². The van der Waals surface area contributed by atoms with E-state index in [-0.39, 0.29) is 56.4 Å². The van der Waals surface area contributed by atoms with Gasteiger partial charge in [0.25, 0.3) is 60.7 Å². The van der Waals surface area contributed by atoms with Crippen LogP contribution in [0.5, 0.6) is 0 Å². The topological polar surface area (TPSA) is 500 Å². The predicted molar refractivity (Wildman–Crippen MR) is 288 cm³/mol. The Morgan fingerprint density at radius 3 is 1.23 bits per heavy atom. The third kappa shape index (κ3) is 13.8. The quantitative estimate of drug-likeness (QED) is 0.0270. The van der Waals surface area contributed by atoms with Crippen LogP contribution in [-0.4, -0.2) is 107 Å². The summed E-state index contributed by atoms with van der Waals surface area (Å²) in [6.45, 7) is 0. The molecule has 424 valence electrons. The number of amides is 2. The highest BCUT2D eigenvalue weighted by atomic mass is 32.2. The monoisotopic (exact) mass is 1240 g/mol. The molecule has 2 aliphatic rings. The number of urea groups is 1. The Morgan fingerprint density at radius 2 is 0.793 bits per heavy atom. The molecule has 0 heterocycles. The molecule has 0 aromatic heterocycles. The van der Waals surface area contributed by atoms with Gasteiger partial charge in [0, 0.05) is 34.1 Å². The second-order valence-electron chi connectivity index (χ2n) is 16.6. The van der Waals surface area contributed by atoms with Crippen molar-refractivity contribution in [2.75, 3.05) is 21.5 Å². The summed E-state index contributed by atoms with van der Waals surface area (Å²) < 4.78 is 204. The first-order valence-corrected chi connectivity index (χ1v) is 30.5. The number of anilines is 4. The first-order valence-electron chi connectivity index (χ1n) is 21.9. The summed E-state index contributed by atoms with van der Waals surface area (Å²) in [5.41, 5.74) is -0.0865. The molecule has 2 amide bonds. The number of hydrogen-bond acceptors (Lipinski definition) is 23. The van der Waals surface area contributed by atoms with Gasteiger partial charge in [-0.25, -0.2) is 4.79 Å². The number of Topliss-reactive ketones (excluding diaryl/α,β-unsaturated/α-hetero) is 1. The van der Waals surface area contributed by atoms with Gasteiger partial charge in [-0.05, 0) is 133 Å². The van der Waals surface area contributed by atoms with Crippen LogP contribution in [0.4, 0.5) is 50.3 Å². The Labute approximate surface area is 462 Å². The lowest BCUT2D eigenvalue weighted by Gasteiger charge is -2.19. The highest BCUT2D eigenvalue weighted by molar-refractivity contribution is 7.91. The smallest absolute Gasteiger partial charge is 0.308 e. The van der Waals surface area contributed by atoms with E-state index in [1.54, 1.807) is 0 Å². The molecule has 10 N–H and O–H groups in total. The highest BCUT2D eigenvalue weighted by Gasteiger charge is 2.35. The summed E-state index contributed by atoms with van der Waals surface area (Å²) in [7, 11) is -30.0. The Balaban J connectivity index is 1.02. The first-order chi connectivity index (χ1) is 38.1. The number of nitrogens with zero attached hydrogens (tertiary/aromatic N) is 6. The Kier molecular flexibility index (Phi) is 16.0. The minimum Gasteiger partial charge on any atom is -0.308 e. The van der Waals surface area contributed by atoms with E-state index in [4.69, 9.17) is 4.55 Å². The minimum absolute atomic E-state index is 0.0455. The molecule has 8 rings (SSSR count). The lowest BCUT2D eigenvalue weighted by Crippen LogP contribution is -2.27. The minimum atomic E-state index is -5.33. The fraction of sp³-hybridized carbons (Fsp3) is 0. The van der Waals surface area contributed by atoms with E-state index in [9.17, 15) is 87.7 Å². The maximum Gasteiger partial charge on any atom is 0.323 e. The molecule has 82 heavy (non-hydrogen) atoms. The Morgan fingerprint density at radius 1 is 0.390 bits per heavy atom. The number of azo groups is 2. The van der Waals surface area contributed by atoms with Crippen LogP contribution < -0.4 is 21.5 Å². The standard InChI is InChI=1S/C45H32N10O21S6/c56-37-22-41(82(74,75)76)42(54-52-35-15-7-28(20-38(35)79(65,66)67)50-48-24-1-9-30(10-2-24)77(59,60)61)34-19-27(6-14-33(34)37)47-45(58)46-26-5-13-32-23(17-26)18-40(81(71,72)73)43(44(32)57)55-53-36-16-8-29(21-39(36)80(68,69)70)51-49-25-3-11-31(12-4-25)78(62,63)64/h1-22,52-53H,(H2,46,47,58)(H,59,60,61)(H,62,63,64)(H,65,66,67)(H,68,69,70)(H,71,72,73)(H,74,75,76)/b50-48?,51-49?,54-42-,55-43+. The summed E-state index contributed by atoms with van der Waals surface area (Å²) in [4.78, 5) is 35.4. The van der Waals surface area contributed by atoms with E-state index in [0.29, 0.717) is 6.08 Å². The number of ketones is 2. The molecular formula is C45H32N10O21S6. The highest BCUT2D eigenvalue weighted by Crippen LogP contribution is 2.34. The molecule has 37 heteroatoms. The van der Waals surface area contributed by atoms with Gasteiger partial charge in [0.05, 0.1) is 43.9 Å². The van der Waals surface area contributed by atoms with Crippen LogP contribution in [0.3, 0.4) is 0 Å². The van der Waals surface area contributed by atoms with Gasteiger partial charge in [-0.2, -0.15) is 81.2 Å². The van der Waals surface area contributed by atoms with Crippen molar-refractivity contribution in [1.82, 2.24) is 0 Å². The molecule has 6 aromatic rings. The molecule has 2 aliphatic carbocycles. The van der Waals surface area contributed by atoms with Crippen molar-refractivity contribution in [1.29, 1.82) is 0 Å². The molecular weight excluding hydrogens is 1210 g/mol. The third-order valence-corrected chi connectivity index (χ3v) is 16.3. The van der Waals surface area contributed by atoms with Crippen LogP contribution >= 0.6 is 0 Å². The SMILES string of the molecule is O=C(Nc1ccc2c(c1)C=C(S(=O)(=O)O)/C(=N\Nc1ccc(N=Nc3ccc(S(=O)(=O)O)cc3)cc1S(=O)(=O)O)C2=O)Nc1ccc2c(c1)/C(=N/Nc1ccc(N=Nc3ccc(S(=O)(=O)O)cc3)cc1S(=O)(=O)O)C(S(=O)(=O)O)=CC2=O. The predicted octanol–water partition coefficient (Wildman–Crippen LogP) is 6.83. The number of hydrogen-bond donors (Lipinski definition) is 10. The summed E-state index contributed by atoms with van der Waals surface area (Å²) in [6.07, 6.45) is 1.28. The Bertz CT molecular complexity index is 4660. The molecule has 0 unspecified atom stereocenters. The Hall–Kier alpha value is -8.99. The summed E-state index contributed by atoms with van der Waals surface area (Å²) in [5.74, 6) is -2.14. The average molecular weight is 1240 g/mol. The normalized spacial score (nSPS) is 15.2. The molecule has 0 radical (unpaired) electrons. The average Bonchev–Trinajstić information content (AvgIpc) is 3.53. The number of carbonyl (C=O) groups excluding carboxylic acids is 3. The lowest BCUT2D eigenvalue weighted by atomic mass is 9.93. The van der Waals surface area contributed by atoms with Crippen LogP contribution in [0, 0.1) is 0 Å². The lowest BCUT2D eigenvalue weighted by molar-refractivity contribution is 0.104. The molecule has 0 bridgehead atoms. The van der Waals surface area contributed by atoms with E-state index >= 15 is 0 Å². The molecule has 0 saturated heterocycles. The van der Waals surface area contributed by atoms with E-state index in [1.807, 2.05) is 0 Å². The van der Waals surface area contributed by atoms with E-state index in [1.165, 1.54) is 6.07 Å². The zero-order valence-electron chi connectivity index (χ0n) is 40.1. The van der Waals surface area contributed by atoms with E-state index < -0.39 is 130 Å². The van der Waals surface area contributed by atoms with Crippen molar-refractivity contribution in [3.05, 3.63) is 159 Å². The van der Waals surface area contributed by atoms with Gasteiger partial charge in [-0.1, -0.05) is 0 Å². The van der Waals surface area contributed by atoms with E-state index in [2.05, 4.69) is 52.1 Å². The molecule has 6 aromatic carbocycles. The second kappa shape index (κ2) is 22.2. The van der Waals surface area contributed by atoms with Crippen LogP contribution in [0.15, 0.2) is 187 Å². The van der Waals surface area contributed by atoms with Crippen LogP contribution in [0.1, 0.15) is 31.8 Å². The van der Waals surface area contributed by atoms with Crippen molar-refractivity contribution in [2.24, 2.45) is 30.7 Å². The fourth-order valence-corrected chi connectivity index (χ4v) is 10.9. The van der Waals surface area contributed by atoms with Crippen LogP contribution in [0.2, 0.25) is 0 Å². The van der Waals surface area contributed by atoms with Gasteiger partial charge in [0.1, 0.15) is 25.3 Å². The summed E-state index contributed by atoms with van der Waals surface area (Å²) >= 11 is 0. The summed E-state index contributed by atoms with van der Waals surface area (Å²) in [5, 5.41) is 27.8. The number of hydrazone groups is 2. The second-order valence-corrected chi connectivity index (χ2v) is 25.0. The van der Waals surface area contributed by atoms with E-state index in [0.717, 1.165) is 121 Å². The maximum absolute atomic E-state index is 13.8. The number of carbonyl (C=O) groups is 3. The third-order valence-electron chi connectivity index (χ3n) is 11.0. The number of rotatable bonds is 16. The molecule has 31 nitrogen and oxygen atoms in total. The zero-order valence-corrected chi connectivity index (χ0v) is 45.0. The van der Waals surface area contributed by atoms with Gasteiger partial charge in [0.2, 0.25) is 5.78 Å². The first kappa shape index (κ1) is 59.1. The molecule has 0 atom stereocenters. The number of fused-ring (bicyclic) bond motifs is 2. The molecule has 0 fully saturated rings. The zero-order chi connectivity index (χ0) is 59.9. The van der Waals surface area contributed by atoms with Crippen LogP contribution in [-0.2, 0) is 60.7 Å². The number of nitrogens with one attached hydrogen (secondary N) is 4. The van der Waals surface area contributed by atoms with Gasteiger partial charge < -0.3 is 10.6 Å². The molecule has 0 saturated carbocycles. The maximum atomic E-state index is 13.8. The van der Waals surface area contributed by atoms with Gasteiger partial charge in [-0.15, -0.1) is 0 Å². The van der Waals surface area contributed by atoms with Crippen molar-refractivity contribution >= 4 is 141 Å². The number of allylic oxidation sites excluding steroid dienone is 3. The largest absolute Gasteiger partial charge is 0.323 e. The van der Waals surface area contributed by atoms with Gasteiger partial charge in [0.15, 0.2) is 11.5 Å². The van der Waals surface area contributed by atoms with Gasteiger partial charge >= 0.3 is 6.03 Å². The molecule has 0 aliphatic heterocycles. The molecule has 0 spiro atoms. The van der Waals surface area contributed by atoms with Crippen molar-refractivity contribution in [3.63, 3.8) is 0 Å². The van der Waals surface area contributed by atoms with Crippen molar-refractivity contribution in [3.8, 4) is 0 Å². The van der Waals surface area contributed by atoms with Gasteiger partial charge in [-0.3, -0.25) is 47.8 Å². The fourth-order valence-electron chi connectivity index (χ4n) is 7.35. The van der Waals surface area contributed by atoms with Crippen molar-refractivity contribution < 1.29 is 92.2 Å². The van der Waals surface area contributed by atoms with Crippen molar-refractivity contribution in [2.45, 2.75) is 19.6 Å². The number of benzene rings is 6.